The Balaban J connectivity index is -0.000000218. The summed E-state index contributed by atoms with van der Waals surface area (Å²) in [7, 11) is 0. The molecule has 1 atom stereocenters. The third-order valence-corrected chi connectivity index (χ3v) is 6.79. The van der Waals surface area contributed by atoms with Gasteiger partial charge in [-0.1, -0.05) is 133 Å². The van der Waals surface area contributed by atoms with Crippen molar-refractivity contribution in [3.8, 4) is 0 Å². The van der Waals surface area contributed by atoms with Gasteiger partial charge in [0.2, 0.25) is 0 Å². The molecule has 0 aromatic carbocycles. The first-order valence-corrected chi connectivity index (χ1v) is 14.2. The van der Waals surface area contributed by atoms with Crippen LogP contribution in [-0.4, -0.2) is 17.9 Å². The van der Waals surface area contributed by atoms with Crippen LogP contribution in [0.1, 0.15) is 159 Å². The third kappa shape index (κ3) is 24.3. The maximum Gasteiger partial charge on any atom is 3.00 e. The van der Waals surface area contributed by atoms with Gasteiger partial charge in [-0.2, -0.15) is 0 Å². The van der Waals surface area contributed by atoms with Gasteiger partial charge in [-0.05, 0) is 25.7 Å². The minimum atomic E-state index is -0.931. The molecule has 0 aromatic heterocycles. The van der Waals surface area contributed by atoms with E-state index in [4.69, 9.17) is 0 Å². The average Bonchev–Trinajstić information content (AvgIpc) is 2.79. The van der Waals surface area contributed by atoms with Crippen molar-refractivity contribution in [2.24, 2.45) is 16.2 Å². The van der Waals surface area contributed by atoms with E-state index in [-0.39, 0.29) is 32.7 Å². The fourth-order valence-corrected chi connectivity index (χ4v) is 3.64. The monoisotopic (exact) mass is 602 g/mol. The van der Waals surface area contributed by atoms with E-state index in [1.165, 1.54) is 25.7 Å². The average molecular weight is 603 g/mol. The Morgan fingerprint density at radius 1 is 0.459 bits per heavy atom. The zero-order chi connectivity index (χ0) is 28.8. The van der Waals surface area contributed by atoms with E-state index in [1.807, 2.05) is 6.92 Å². The summed E-state index contributed by atoms with van der Waals surface area (Å²) >= 11 is 0. The van der Waals surface area contributed by atoms with Crippen LogP contribution in [0.15, 0.2) is 0 Å². The molecule has 0 aliphatic heterocycles. The molecule has 0 fully saturated rings. The Kier molecular flexibility index (Phi) is 28.9. The van der Waals surface area contributed by atoms with Gasteiger partial charge in [0.25, 0.3) is 0 Å². The molecule has 0 aliphatic carbocycles. The number of hydrogen-bond donors (Lipinski definition) is 0. The molecule has 0 bridgehead atoms. The van der Waals surface area contributed by atoms with Gasteiger partial charge in [-0.15, -0.1) is 0 Å². The molecule has 216 valence electrons. The van der Waals surface area contributed by atoms with Crippen molar-refractivity contribution >= 4 is 17.9 Å². The Hall–Kier alpha value is -0.486. The summed E-state index contributed by atoms with van der Waals surface area (Å²) in [6, 6.07) is 0. The number of carboxylic acid groups (broad SMARTS) is 3. The molecule has 0 amide bonds. The maximum atomic E-state index is 10.8. The predicted molar refractivity (Wildman–Crippen MR) is 143 cm³/mol. The predicted octanol–water partition coefficient (Wildman–Crippen LogP) is 5.20. The Bertz CT molecular complexity index is 555. The van der Waals surface area contributed by atoms with E-state index in [1.54, 1.807) is 34.6 Å². The van der Waals surface area contributed by atoms with E-state index in [0.717, 1.165) is 70.6 Å². The van der Waals surface area contributed by atoms with Crippen LogP contribution in [0.2, 0.25) is 0 Å². The van der Waals surface area contributed by atoms with Crippen molar-refractivity contribution in [2.75, 3.05) is 0 Å². The number of carbonyl (C=O) groups excluding carboxylic acids is 3. The number of carbonyl (C=O) groups is 3. The van der Waals surface area contributed by atoms with Gasteiger partial charge in [-0.25, -0.2) is 0 Å². The second-order valence-electron chi connectivity index (χ2n) is 11.7. The van der Waals surface area contributed by atoms with E-state index in [0.29, 0.717) is 0 Å². The molecule has 0 aliphatic rings. The zero-order valence-electron chi connectivity index (χ0n) is 25.6. The van der Waals surface area contributed by atoms with Crippen molar-refractivity contribution < 1.29 is 62.4 Å². The Morgan fingerprint density at radius 3 is 1.05 bits per heavy atom. The van der Waals surface area contributed by atoms with Crippen LogP contribution in [0.3, 0.4) is 0 Å². The minimum Gasteiger partial charge on any atom is -0.550 e. The molecule has 0 saturated carbocycles. The summed E-state index contributed by atoms with van der Waals surface area (Å²) in [6.07, 6.45) is 14.9. The summed E-state index contributed by atoms with van der Waals surface area (Å²) in [4.78, 5) is 32.0. The zero-order valence-corrected chi connectivity index (χ0v) is 28.5. The molecule has 0 heterocycles. The van der Waals surface area contributed by atoms with Gasteiger partial charge in [-0.3, -0.25) is 0 Å². The van der Waals surface area contributed by atoms with Crippen molar-refractivity contribution in [3.63, 3.8) is 0 Å². The summed E-state index contributed by atoms with van der Waals surface area (Å²) < 4.78 is 0. The summed E-state index contributed by atoms with van der Waals surface area (Å²) in [5, 5.41) is 32.0. The summed E-state index contributed by atoms with van der Waals surface area (Å²) in [6.45, 7) is 17.1. The van der Waals surface area contributed by atoms with Crippen LogP contribution in [0, 0.1) is 16.2 Å². The normalized spacial score (nSPS) is 12.6. The number of unbranched alkanes of at least 4 members (excludes halogenated alkanes) is 7. The van der Waals surface area contributed by atoms with Crippen LogP contribution < -0.4 is 15.3 Å². The number of rotatable bonds is 18. The van der Waals surface area contributed by atoms with Crippen LogP contribution >= 0.6 is 0 Å². The van der Waals surface area contributed by atoms with E-state index < -0.39 is 34.2 Å². The fraction of sp³-hybridized carbons (Fsp3) is 0.900. The number of hydrogen-bond acceptors (Lipinski definition) is 6. The van der Waals surface area contributed by atoms with E-state index in [2.05, 4.69) is 20.8 Å². The molecule has 0 N–H and O–H groups in total. The maximum absolute atomic E-state index is 10.8. The molecular formula is C30H57O6Y. The molecule has 1 unspecified atom stereocenters. The van der Waals surface area contributed by atoms with Crippen LogP contribution in [0.5, 0.6) is 0 Å². The Labute approximate surface area is 254 Å². The quantitative estimate of drug-likeness (QED) is 0.199. The summed E-state index contributed by atoms with van der Waals surface area (Å²) in [5.74, 6) is -2.75. The molecule has 0 rings (SSSR count). The number of aliphatic carboxylic acids is 3. The van der Waals surface area contributed by atoms with Gasteiger partial charge in [0, 0.05) is 34.2 Å². The van der Waals surface area contributed by atoms with Crippen LogP contribution in [-0.2, 0) is 47.1 Å². The largest absolute Gasteiger partial charge is 3.00 e. The van der Waals surface area contributed by atoms with E-state index in [9.17, 15) is 29.7 Å². The van der Waals surface area contributed by atoms with Gasteiger partial charge in [0.05, 0.1) is 0 Å². The second kappa shape index (κ2) is 24.5. The van der Waals surface area contributed by atoms with Crippen LogP contribution in [0.25, 0.3) is 0 Å². The molecule has 0 saturated heterocycles. The van der Waals surface area contributed by atoms with Gasteiger partial charge in [0.1, 0.15) is 0 Å². The standard InChI is InChI=1S/3C10H20O2.Y/c2*1-4-5-6-7-8-10(2,3)9(11)12;1-4-6-8-10(3,7-5-2)9(11)12;/h3*4-8H2,1-3H3,(H,11,12);/q;;;+3/p-3. The summed E-state index contributed by atoms with van der Waals surface area (Å²) in [5.41, 5.74) is -1.88. The first-order chi connectivity index (χ1) is 16.6. The van der Waals surface area contributed by atoms with Crippen LogP contribution in [0.4, 0.5) is 0 Å². The second-order valence-corrected chi connectivity index (χ2v) is 11.7. The van der Waals surface area contributed by atoms with E-state index >= 15 is 0 Å². The smallest absolute Gasteiger partial charge is 0.550 e. The van der Waals surface area contributed by atoms with Gasteiger partial charge >= 0.3 is 32.7 Å². The number of carboxylic acids is 3. The topological polar surface area (TPSA) is 120 Å². The van der Waals surface area contributed by atoms with Crippen molar-refractivity contribution in [2.45, 2.75) is 159 Å². The fourth-order valence-electron chi connectivity index (χ4n) is 3.64. The van der Waals surface area contributed by atoms with Crippen molar-refractivity contribution in [3.05, 3.63) is 0 Å². The third-order valence-electron chi connectivity index (χ3n) is 6.79. The minimum absolute atomic E-state index is 0. The first-order valence-electron chi connectivity index (χ1n) is 14.2. The first kappa shape index (κ1) is 43.6. The molecule has 0 radical (unpaired) electrons. The van der Waals surface area contributed by atoms with Crippen molar-refractivity contribution in [1.82, 2.24) is 0 Å². The SMILES string of the molecule is CCCCC(C)(CCC)C(=O)[O-].CCCCCCC(C)(C)C(=O)[O-].CCCCCCC(C)(C)C(=O)[O-].[Y+3]. The Morgan fingerprint density at radius 2 is 0.811 bits per heavy atom. The molecule has 6 nitrogen and oxygen atoms in total. The molecular weight excluding hydrogens is 545 g/mol. The molecule has 0 spiro atoms. The van der Waals surface area contributed by atoms with Gasteiger partial charge < -0.3 is 29.7 Å². The molecule has 0 aromatic rings. The molecule has 37 heavy (non-hydrogen) atoms. The van der Waals surface area contributed by atoms with Gasteiger partial charge in [0.15, 0.2) is 0 Å². The van der Waals surface area contributed by atoms with Crippen molar-refractivity contribution in [1.29, 1.82) is 0 Å². The molecule has 7 heteroatoms.